The number of benzene rings is 2. The lowest BCUT2D eigenvalue weighted by molar-refractivity contribution is -0.140. The summed E-state index contributed by atoms with van der Waals surface area (Å²) in [6, 6.07) is 10.1. The summed E-state index contributed by atoms with van der Waals surface area (Å²) in [7, 11) is 0. The Morgan fingerprint density at radius 3 is 2.32 bits per heavy atom. The van der Waals surface area contributed by atoms with Gasteiger partial charge in [-0.2, -0.15) is 18.3 Å². The topological polar surface area (TPSA) is 50.2 Å². The second-order valence-electron chi connectivity index (χ2n) is 4.91. The molecule has 0 amide bonds. The summed E-state index contributed by atoms with van der Waals surface area (Å²) < 4.78 is 53.2. The average Bonchev–Trinajstić information content (AvgIpc) is 2.56. The van der Waals surface area contributed by atoms with E-state index in [9.17, 15) is 17.6 Å². The van der Waals surface area contributed by atoms with Crippen molar-refractivity contribution in [3.63, 3.8) is 0 Å². The molecule has 1 aromatic heterocycles. The van der Waals surface area contributed by atoms with Crippen molar-refractivity contribution in [2.45, 2.75) is 6.18 Å². The Morgan fingerprint density at radius 1 is 1.00 bits per heavy atom. The molecule has 3 rings (SSSR count). The van der Waals surface area contributed by atoms with Crippen molar-refractivity contribution in [1.82, 2.24) is 9.97 Å². The van der Waals surface area contributed by atoms with Crippen LogP contribution in [0.25, 0.3) is 11.0 Å². The molecule has 9 heteroatoms. The number of hydrogen-bond donors (Lipinski definition) is 1. The lowest BCUT2D eigenvalue weighted by Crippen LogP contribution is -2.13. The van der Waals surface area contributed by atoms with E-state index in [2.05, 4.69) is 20.5 Å². The number of hydrogen-bond acceptors (Lipinski definition) is 4. The van der Waals surface area contributed by atoms with Crippen LogP contribution in [0.4, 0.5) is 23.4 Å². The molecular weight excluding hydrogens is 360 g/mol. The van der Waals surface area contributed by atoms with Crippen molar-refractivity contribution in [2.75, 3.05) is 5.43 Å². The summed E-state index contributed by atoms with van der Waals surface area (Å²) in [6.45, 7) is 0. The molecule has 128 valence electrons. The first-order valence-electron chi connectivity index (χ1n) is 6.93. The minimum atomic E-state index is -4.73. The Bertz CT molecular complexity index is 936. The van der Waals surface area contributed by atoms with E-state index in [1.165, 1.54) is 24.3 Å². The van der Waals surface area contributed by atoms with Crippen LogP contribution in [0, 0.1) is 5.82 Å². The Kier molecular flexibility index (Phi) is 4.54. The maximum atomic E-state index is 13.6. The zero-order valence-electron chi connectivity index (χ0n) is 12.4. The molecule has 1 heterocycles. The second-order valence-corrected chi connectivity index (χ2v) is 5.32. The number of aromatic nitrogens is 2. The zero-order valence-corrected chi connectivity index (χ0v) is 13.1. The van der Waals surface area contributed by atoms with Crippen LogP contribution in [0.15, 0.2) is 47.6 Å². The molecule has 0 bridgehead atoms. The minimum Gasteiger partial charge on any atom is -0.260 e. The molecule has 2 aromatic carbocycles. The van der Waals surface area contributed by atoms with Gasteiger partial charge in [-0.05, 0) is 24.3 Å². The number of rotatable bonds is 3. The summed E-state index contributed by atoms with van der Waals surface area (Å²) in [5.74, 6) is -1.24. The third-order valence-corrected chi connectivity index (χ3v) is 3.53. The average molecular weight is 369 g/mol. The number of nitrogens with zero attached hydrogens (tertiary/aromatic N) is 3. The first kappa shape index (κ1) is 17.1. The normalized spacial score (nSPS) is 12.0. The molecule has 3 aromatic rings. The van der Waals surface area contributed by atoms with Crippen molar-refractivity contribution in [2.24, 2.45) is 5.10 Å². The van der Waals surface area contributed by atoms with Crippen LogP contribution in [0.2, 0.25) is 5.02 Å². The zero-order chi connectivity index (χ0) is 18.0. The number of anilines is 1. The molecule has 0 spiro atoms. The summed E-state index contributed by atoms with van der Waals surface area (Å²) in [5.41, 5.74) is 1.25. The van der Waals surface area contributed by atoms with Crippen LogP contribution in [-0.4, -0.2) is 16.2 Å². The predicted octanol–water partition coefficient (Wildman–Crippen LogP) is 4.89. The lowest BCUT2D eigenvalue weighted by atomic mass is 10.2. The van der Waals surface area contributed by atoms with E-state index in [4.69, 9.17) is 11.6 Å². The molecule has 0 saturated heterocycles. The van der Waals surface area contributed by atoms with Gasteiger partial charge in [-0.15, -0.1) is 0 Å². The first-order chi connectivity index (χ1) is 11.9. The monoisotopic (exact) mass is 368 g/mol. The highest BCUT2D eigenvalue weighted by molar-refractivity contribution is 6.33. The lowest BCUT2D eigenvalue weighted by Gasteiger charge is -2.11. The van der Waals surface area contributed by atoms with Crippen LogP contribution >= 0.6 is 11.6 Å². The fourth-order valence-corrected chi connectivity index (χ4v) is 2.28. The third-order valence-electron chi connectivity index (χ3n) is 3.20. The highest BCUT2D eigenvalue weighted by Crippen LogP contribution is 2.33. The standard InChI is InChI=1S/C16H9ClF4N4/c17-10-4-3-5-11(18)9(10)8-22-25-15-14(16(19,20)21)23-12-6-1-2-7-13(12)24-15/h1-8H,(H,24,25). The van der Waals surface area contributed by atoms with Crippen molar-refractivity contribution < 1.29 is 17.6 Å². The van der Waals surface area contributed by atoms with E-state index in [1.807, 2.05) is 0 Å². The van der Waals surface area contributed by atoms with Crippen molar-refractivity contribution in [3.05, 3.63) is 64.6 Å². The molecule has 4 nitrogen and oxygen atoms in total. The van der Waals surface area contributed by atoms with Gasteiger partial charge in [0.15, 0.2) is 11.5 Å². The molecule has 25 heavy (non-hydrogen) atoms. The van der Waals surface area contributed by atoms with Crippen molar-refractivity contribution in [1.29, 1.82) is 0 Å². The molecule has 0 aliphatic rings. The van der Waals surface area contributed by atoms with Crippen LogP contribution < -0.4 is 5.43 Å². The van der Waals surface area contributed by atoms with Gasteiger partial charge >= 0.3 is 6.18 Å². The number of halogens is 5. The summed E-state index contributed by atoms with van der Waals surface area (Å²) in [4.78, 5) is 7.47. The Labute approximate surface area is 144 Å². The largest absolute Gasteiger partial charge is 0.437 e. The number of nitrogens with one attached hydrogen (secondary N) is 1. The fraction of sp³-hybridized carbons (Fsp3) is 0.0625. The smallest absolute Gasteiger partial charge is 0.260 e. The molecule has 0 atom stereocenters. The van der Waals surface area contributed by atoms with Gasteiger partial charge in [0.2, 0.25) is 0 Å². The number of alkyl halides is 3. The fourth-order valence-electron chi connectivity index (χ4n) is 2.07. The van der Waals surface area contributed by atoms with Gasteiger partial charge in [-0.3, -0.25) is 5.43 Å². The number of para-hydroxylation sites is 2. The van der Waals surface area contributed by atoms with Gasteiger partial charge in [-0.1, -0.05) is 29.8 Å². The molecule has 0 fully saturated rings. The molecule has 0 aliphatic heterocycles. The molecule has 0 radical (unpaired) electrons. The number of hydrazone groups is 1. The minimum absolute atomic E-state index is 0.0565. The number of fused-ring (bicyclic) bond motifs is 1. The van der Waals surface area contributed by atoms with Crippen LogP contribution in [0.5, 0.6) is 0 Å². The third kappa shape index (κ3) is 3.69. The Balaban J connectivity index is 1.99. The van der Waals surface area contributed by atoms with Gasteiger partial charge < -0.3 is 0 Å². The van der Waals surface area contributed by atoms with Crippen LogP contribution in [0.1, 0.15) is 11.3 Å². The van der Waals surface area contributed by atoms with Gasteiger partial charge in [0.25, 0.3) is 0 Å². The first-order valence-corrected chi connectivity index (χ1v) is 7.31. The molecular formula is C16H9ClF4N4. The quantitative estimate of drug-likeness (QED) is 0.407. The van der Waals surface area contributed by atoms with E-state index in [0.717, 1.165) is 12.3 Å². The molecule has 0 aliphatic carbocycles. The van der Waals surface area contributed by atoms with Gasteiger partial charge in [-0.25, -0.2) is 14.4 Å². The highest BCUT2D eigenvalue weighted by atomic mass is 35.5. The van der Waals surface area contributed by atoms with E-state index in [1.54, 1.807) is 12.1 Å². The molecule has 1 N–H and O–H groups in total. The van der Waals surface area contributed by atoms with E-state index in [-0.39, 0.29) is 21.6 Å². The maximum absolute atomic E-state index is 13.6. The molecule has 0 saturated carbocycles. The summed E-state index contributed by atoms with van der Waals surface area (Å²) in [5, 5.41) is 3.69. The highest BCUT2D eigenvalue weighted by Gasteiger charge is 2.37. The Morgan fingerprint density at radius 2 is 1.68 bits per heavy atom. The van der Waals surface area contributed by atoms with Gasteiger partial charge in [0, 0.05) is 5.56 Å². The van der Waals surface area contributed by atoms with Crippen molar-refractivity contribution in [3.8, 4) is 0 Å². The van der Waals surface area contributed by atoms with Gasteiger partial charge in [0.1, 0.15) is 5.82 Å². The van der Waals surface area contributed by atoms with E-state index in [0.29, 0.717) is 0 Å². The Hall–Kier alpha value is -2.74. The summed E-state index contributed by atoms with van der Waals surface area (Å²) >= 11 is 5.83. The molecule has 0 unspecified atom stereocenters. The van der Waals surface area contributed by atoms with Crippen LogP contribution in [0.3, 0.4) is 0 Å². The van der Waals surface area contributed by atoms with Gasteiger partial charge in [0.05, 0.1) is 22.3 Å². The maximum Gasteiger partial charge on any atom is 0.437 e. The van der Waals surface area contributed by atoms with Crippen molar-refractivity contribution >= 4 is 34.7 Å². The predicted molar refractivity (Wildman–Crippen MR) is 87.2 cm³/mol. The second kappa shape index (κ2) is 6.64. The van der Waals surface area contributed by atoms with E-state index >= 15 is 0 Å². The van der Waals surface area contributed by atoms with Crippen LogP contribution in [-0.2, 0) is 6.18 Å². The SMILES string of the molecule is Fc1cccc(Cl)c1C=NNc1nc2ccccc2nc1C(F)(F)F. The summed E-state index contributed by atoms with van der Waals surface area (Å²) in [6.07, 6.45) is -3.75. The van der Waals surface area contributed by atoms with E-state index < -0.39 is 23.5 Å².